The number of Topliss-reactive ketones (excluding diaryl/α,β-unsaturated/α-hetero) is 1. The SMILES string of the molecule is COC[C@@]1(O)CC[C@H]2C(CC[C@@H]3[C@@H]2CC[C@]2(C)[C@@H](C(=O)Cn4nnc5ccccc54)CC[C@@H]32)C1. The standard InChI is InChI=1S/C28H39N3O3/c1-27-13-11-20-19-12-14-28(33,17-34-2)15-18(19)7-8-21(20)22(27)9-10-23(27)26(32)16-31-25-6-4-3-5-24(25)29-30-31/h3-6,18-23,33H,7-17H2,1-2H3/t18?,19-,20+,21+,22-,23+,27-,28+/m0/s1. The minimum Gasteiger partial charge on any atom is -0.387 e. The van der Waals surface area contributed by atoms with Crippen LogP contribution in [0.15, 0.2) is 24.3 Å². The first kappa shape index (κ1) is 22.7. The zero-order valence-electron chi connectivity index (χ0n) is 20.7. The molecule has 4 aliphatic rings. The summed E-state index contributed by atoms with van der Waals surface area (Å²) in [5.41, 5.74) is 1.30. The largest absolute Gasteiger partial charge is 0.387 e. The summed E-state index contributed by atoms with van der Waals surface area (Å²) in [7, 11) is 1.70. The van der Waals surface area contributed by atoms with E-state index in [1.807, 2.05) is 24.3 Å². The van der Waals surface area contributed by atoms with E-state index in [2.05, 4.69) is 17.2 Å². The molecule has 0 aliphatic heterocycles. The van der Waals surface area contributed by atoms with E-state index in [0.29, 0.717) is 30.8 Å². The van der Waals surface area contributed by atoms with Crippen LogP contribution in [0, 0.1) is 40.9 Å². The maximum atomic E-state index is 13.6. The minimum atomic E-state index is -0.623. The molecule has 0 radical (unpaired) electrons. The van der Waals surface area contributed by atoms with Crippen LogP contribution in [0.5, 0.6) is 0 Å². The van der Waals surface area contributed by atoms with Crippen molar-refractivity contribution in [1.29, 1.82) is 0 Å². The van der Waals surface area contributed by atoms with Crippen molar-refractivity contribution < 1.29 is 14.6 Å². The average Bonchev–Trinajstić information content (AvgIpc) is 3.39. The lowest BCUT2D eigenvalue weighted by Gasteiger charge is -2.57. The Morgan fingerprint density at radius 3 is 2.76 bits per heavy atom. The molecular weight excluding hydrogens is 426 g/mol. The van der Waals surface area contributed by atoms with Crippen molar-refractivity contribution in [1.82, 2.24) is 15.0 Å². The maximum Gasteiger partial charge on any atom is 0.157 e. The molecule has 6 heteroatoms. The van der Waals surface area contributed by atoms with Crippen molar-refractivity contribution in [3.8, 4) is 0 Å². The Kier molecular flexibility index (Phi) is 5.60. The van der Waals surface area contributed by atoms with E-state index in [9.17, 15) is 9.90 Å². The molecule has 4 aliphatic carbocycles. The smallest absolute Gasteiger partial charge is 0.157 e. The van der Waals surface area contributed by atoms with Crippen molar-refractivity contribution in [2.75, 3.05) is 13.7 Å². The Balaban J connectivity index is 1.17. The van der Waals surface area contributed by atoms with Gasteiger partial charge in [0, 0.05) is 13.0 Å². The zero-order chi connectivity index (χ0) is 23.5. The fourth-order valence-electron chi connectivity index (χ4n) is 9.18. The molecule has 1 N–H and O–H groups in total. The Morgan fingerprint density at radius 2 is 1.91 bits per heavy atom. The summed E-state index contributed by atoms with van der Waals surface area (Å²) in [6.07, 6.45) is 10.0. The number of nitrogens with zero attached hydrogens (tertiary/aromatic N) is 3. The van der Waals surface area contributed by atoms with Crippen LogP contribution in [0.4, 0.5) is 0 Å². The highest BCUT2D eigenvalue weighted by molar-refractivity contribution is 5.84. The summed E-state index contributed by atoms with van der Waals surface area (Å²) in [6, 6.07) is 7.90. The summed E-state index contributed by atoms with van der Waals surface area (Å²) in [6.45, 7) is 3.23. The topological polar surface area (TPSA) is 77.2 Å². The molecule has 1 unspecified atom stereocenters. The quantitative estimate of drug-likeness (QED) is 0.696. The number of carbonyl (C=O) groups is 1. The van der Waals surface area contributed by atoms with E-state index in [1.54, 1.807) is 11.8 Å². The second-order valence-corrected chi connectivity index (χ2v) is 12.2. The van der Waals surface area contributed by atoms with Crippen molar-refractivity contribution in [2.45, 2.75) is 76.9 Å². The zero-order valence-corrected chi connectivity index (χ0v) is 20.7. The molecule has 34 heavy (non-hydrogen) atoms. The third-order valence-electron chi connectivity index (χ3n) is 10.6. The molecule has 0 spiro atoms. The van der Waals surface area contributed by atoms with Gasteiger partial charge in [-0.05, 0) is 105 Å². The highest BCUT2D eigenvalue weighted by Gasteiger charge is 2.59. The number of para-hydroxylation sites is 1. The predicted octanol–water partition coefficient (Wildman–Crippen LogP) is 4.65. The molecule has 0 saturated heterocycles. The van der Waals surface area contributed by atoms with Gasteiger partial charge in [0.2, 0.25) is 0 Å². The van der Waals surface area contributed by atoms with Crippen LogP contribution in [0.25, 0.3) is 11.0 Å². The summed E-state index contributed by atoms with van der Waals surface area (Å²) in [5.74, 6) is 4.05. The molecule has 8 atom stereocenters. The Bertz CT molecular complexity index is 1070. The van der Waals surface area contributed by atoms with Crippen molar-refractivity contribution >= 4 is 16.8 Å². The van der Waals surface area contributed by atoms with Gasteiger partial charge in [-0.1, -0.05) is 24.3 Å². The van der Waals surface area contributed by atoms with Crippen LogP contribution >= 0.6 is 0 Å². The molecule has 0 amide bonds. The number of methoxy groups -OCH3 is 1. The number of ketones is 1. The van der Waals surface area contributed by atoms with Crippen molar-refractivity contribution in [3.05, 3.63) is 24.3 Å². The lowest BCUT2D eigenvalue weighted by atomic mass is 9.49. The van der Waals surface area contributed by atoms with Gasteiger partial charge in [0.15, 0.2) is 5.78 Å². The molecule has 2 aromatic rings. The first-order valence-corrected chi connectivity index (χ1v) is 13.4. The van der Waals surface area contributed by atoms with Gasteiger partial charge in [0.1, 0.15) is 12.1 Å². The molecule has 4 fully saturated rings. The van der Waals surface area contributed by atoms with Crippen LogP contribution in [0.1, 0.15) is 64.7 Å². The fraction of sp³-hybridized carbons (Fsp3) is 0.750. The molecule has 1 aromatic carbocycles. The lowest BCUT2D eigenvalue weighted by molar-refractivity contribution is -0.136. The number of fused-ring (bicyclic) bond motifs is 6. The molecule has 1 heterocycles. The third kappa shape index (κ3) is 3.55. The van der Waals surface area contributed by atoms with E-state index in [0.717, 1.165) is 54.5 Å². The summed E-state index contributed by atoms with van der Waals surface area (Å²) < 4.78 is 7.14. The number of hydrogen-bond donors (Lipinski definition) is 1. The van der Waals surface area contributed by atoms with E-state index in [-0.39, 0.29) is 11.3 Å². The monoisotopic (exact) mass is 465 g/mol. The highest BCUT2D eigenvalue weighted by atomic mass is 16.5. The van der Waals surface area contributed by atoms with E-state index in [4.69, 9.17) is 4.74 Å². The van der Waals surface area contributed by atoms with Crippen LogP contribution in [-0.2, 0) is 16.1 Å². The molecule has 184 valence electrons. The molecule has 6 rings (SSSR count). The van der Waals surface area contributed by atoms with Gasteiger partial charge >= 0.3 is 0 Å². The molecule has 4 saturated carbocycles. The number of ether oxygens (including phenoxy) is 1. The normalized spacial score (nSPS) is 41.6. The number of carbonyl (C=O) groups excluding carboxylic acids is 1. The highest BCUT2D eigenvalue weighted by Crippen LogP contribution is 2.64. The Hall–Kier alpha value is -1.79. The number of aromatic nitrogens is 3. The Morgan fingerprint density at radius 1 is 1.09 bits per heavy atom. The number of aliphatic hydroxyl groups is 1. The number of benzene rings is 1. The van der Waals surface area contributed by atoms with Crippen LogP contribution in [-0.4, -0.2) is 45.2 Å². The first-order chi connectivity index (χ1) is 16.4. The van der Waals surface area contributed by atoms with Crippen molar-refractivity contribution in [2.24, 2.45) is 40.9 Å². The lowest BCUT2D eigenvalue weighted by Crippen LogP contribution is -2.52. The van der Waals surface area contributed by atoms with Crippen molar-refractivity contribution in [3.63, 3.8) is 0 Å². The van der Waals surface area contributed by atoms with Crippen LogP contribution in [0.3, 0.4) is 0 Å². The first-order valence-electron chi connectivity index (χ1n) is 13.4. The molecular formula is C28H39N3O3. The van der Waals surface area contributed by atoms with E-state index in [1.165, 1.54) is 32.1 Å². The second-order valence-electron chi connectivity index (χ2n) is 12.2. The van der Waals surface area contributed by atoms with Gasteiger partial charge in [0.05, 0.1) is 17.7 Å². The predicted molar refractivity (Wildman–Crippen MR) is 130 cm³/mol. The Labute approximate surface area is 202 Å². The van der Waals surface area contributed by atoms with Gasteiger partial charge in [-0.15, -0.1) is 5.10 Å². The summed E-state index contributed by atoms with van der Waals surface area (Å²) in [5, 5.41) is 19.5. The minimum absolute atomic E-state index is 0.118. The summed E-state index contributed by atoms with van der Waals surface area (Å²) >= 11 is 0. The number of hydrogen-bond acceptors (Lipinski definition) is 5. The van der Waals surface area contributed by atoms with Gasteiger partial charge in [-0.3, -0.25) is 4.79 Å². The van der Waals surface area contributed by atoms with Gasteiger partial charge in [0.25, 0.3) is 0 Å². The summed E-state index contributed by atoms with van der Waals surface area (Å²) in [4.78, 5) is 13.6. The molecule has 0 bridgehead atoms. The maximum absolute atomic E-state index is 13.6. The fourth-order valence-corrected chi connectivity index (χ4v) is 9.18. The molecule has 6 nitrogen and oxygen atoms in total. The second kappa shape index (κ2) is 8.41. The van der Waals surface area contributed by atoms with Gasteiger partial charge in [-0.2, -0.15) is 0 Å². The average molecular weight is 466 g/mol. The van der Waals surface area contributed by atoms with Gasteiger partial charge in [-0.25, -0.2) is 4.68 Å². The van der Waals surface area contributed by atoms with E-state index >= 15 is 0 Å². The van der Waals surface area contributed by atoms with E-state index < -0.39 is 5.60 Å². The van der Waals surface area contributed by atoms with Gasteiger partial charge < -0.3 is 9.84 Å². The molecule has 1 aromatic heterocycles. The van der Waals surface area contributed by atoms with Crippen LogP contribution in [0.2, 0.25) is 0 Å². The van der Waals surface area contributed by atoms with Crippen LogP contribution < -0.4 is 0 Å². The number of rotatable bonds is 5. The third-order valence-corrected chi connectivity index (χ3v) is 10.6.